The van der Waals surface area contributed by atoms with Crippen molar-refractivity contribution in [3.8, 4) is 0 Å². The van der Waals surface area contributed by atoms with Crippen molar-refractivity contribution < 1.29 is 14.3 Å². The van der Waals surface area contributed by atoms with Gasteiger partial charge < -0.3 is 4.74 Å². The van der Waals surface area contributed by atoms with E-state index in [1.165, 1.54) is 0 Å². The highest BCUT2D eigenvalue weighted by atomic mass is 16.5. The summed E-state index contributed by atoms with van der Waals surface area (Å²) in [6, 6.07) is 0. The van der Waals surface area contributed by atoms with Crippen LogP contribution in [-0.4, -0.2) is 17.9 Å². The van der Waals surface area contributed by atoms with Gasteiger partial charge in [-0.25, -0.2) is 4.79 Å². The predicted molar refractivity (Wildman–Crippen MR) is 59.4 cm³/mol. The Bertz CT molecular complexity index is 289. The second-order valence-electron chi connectivity index (χ2n) is 3.74. The predicted octanol–water partition coefficient (Wildman–Crippen LogP) is 2.42. The summed E-state index contributed by atoms with van der Waals surface area (Å²) in [5, 5.41) is 0. The van der Waals surface area contributed by atoms with Crippen LogP contribution in [-0.2, 0) is 14.3 Å². The first-order chi connectivity index (χ1) is 6.84. The fourth-order valence-electron chi connectivity index (χ4n) is 0.890. The molecule has 0 aromatic heterocycles. The maximum absolute atomic E-state index is 11.2. The molecule has 0 bridgehead atoms. The van der Waals surface area contributed by atoms with Crippen molar-refractivity contribution in [3.05, 3.63) is 24.3 Å². The van der Waals surface area contributed by atoms with Gasteiger partial charge in [-0.3, -0.25) is 4.79 Å². The molecule has 1 atom stereocenters. The quantitative estimate of drug-likeness (QED) is 0.499. The molecule has 0 saturated heterocycles. The Morgan fingerprint density at radius 2 is 1.73 bits per heavy atom. The molecule has 0 aromatic carbocycles. The van der Waals surface area contributed by atoms with Gasteiger partial charge in [0, 0.05) is 12.0 Å². The van der Waals surface area contributed by atoms with Crippen molar-refractivity contribution in [1.29, 1.82) is 0 Å². The standard InChI is InChI=1S/C12H18O3/c1-8(2)11(13)7-6-10(5)15-12(14)9(3)4/h10H,1,3,6-7H2,2,4-5H3. The zero-order valence-corrected chi connectivity index (χ0v) is 9.63. The van der Waals surface area contributed by atoms with Gasteiger partial charge in [0.25, 0.3) is 0 Å². The average Bonchev–Trinajstić information content (AvgIpc) is 2.13. The molecule has 0 rings (SSSR count). The smallest absolute Gasteiger partial charge is 0.333 e. The van der Waals surface area contributed by atoms with Gasteiger partial charge in [-0.05, 0) is 32.8 Å². The first kappa shape index (κ1) is 13.6. The van der Waals surface area contributed by atoms with Gasteiger partial charge in [0.05, 0.1) is 6.10 Å². The number of Topliss-reactive ketones (excluding diaryl/α,β-unsaturated/α-hetero) is 1. The highest BCUT2D eigenvalue weighted by molar-refractivity contribution is 5.94. The molecule has 15 heavy (non-hydrogen) atoms. The maximum atomic E-state index is 11.2. The van der Waals surface area contributed by atoms with E-state index in [0.717, 1.165) is 0 Å². The number of ketones is 1. The van der Waals surface area contributed by atoms with E-state index < -0.39 is 5.97 Å². The van der Waals surface area contributed by atoms with Crippen LogP contribution in [0.15, 0.2) is 24.3 Å². The van der Waals surface area contributed by atoms with Crippen molar-refractivity contribution in [1.82, 2.24) is 0 Å². The highest BCUT2D eigenvalue weighted by Gasteiger charge is 2.12. The molecule has 0 saturated carbocycles. The number of hydrogen-bond donors (Lipinski definition) is 0. The minimum atomic E-state index is -0.412. The summed E-state index contributed by atoms with van der Waals surface area (Å²) in [6.45, 7) is 12.0. The molecule has 0 aromatic rings. The molecule has 0 heterocycles. The first-order valence-electron chi connectivity index (χ1n) is 4.89. The number of carbonyl (C=O) groups is 2. The number of hydrogen-bond acceptors (Lipinski definition) is 3. The van der Waals surface area contributed by atoms with E-state index in [9.17, 15) is 9.59 Å². The topological polar surface area (TPSA) is 43.4 Å². The van der Waals surface area contributed by atoms with Gasteiger partial charge in [0.1, 0.15) is 0 Å². The van der Waals surface area contributed by atoms with Gasteiger partial charge in [-0.1, -0.05) is 13.2 Å². The maximum Gasteiger partial charge on any atom is 0.333 e. The summed E-state index contributed by atoms with van der Waals surface area (Å²) in [5.74, 6) is -0.404. The van der Waals surface area contributed by atoms with Crippen molar-refractivity contribution in [2.45, 2.75) is 39.7 Å². The summed E-state index contributed by atoms with van der Waals surface area (Å²) in [7, 11) is 0. The van der Waals surface area contributed by atoms with Crippen LogP contribution >= 0.6 is 0 Å². The van der Waals surface area contributed by atoms with Crippen LogP contribution in [0.2, 0.25) is 0 Å². The lowest BCUT2D eigenvalue weighted by Crippen LogP contribution is -2.16. The molecule has 0 radical (unpaired) electrons. The Morgan fingerprint density at radius 3 is 2.13 bits per heavy atom. The monoisotopic (exact) mass is 210 g/mol. The zero-order chi connectivity index (χ0) is 12.0. The number of rotatable bonds is 6. The molecule has 0 N–H and O–H groups in total. The zero-order valence-electron chi connectivity index (χ0n) is 9.63. The van der Waals surface area contributed by atoms with E-state index >= 15 is 0 Å². The molecule has 1 unspecified atom stereocenters. The largest absolute Gasteiger partial charge is 0.459 e. The number of esters is 1. The van der Waals surface area contributed by atoms with Crippen LogP contribution in [0.5, 0.6) is 0 Å². The molecule has 0 aliphatic heterocycles. The van der Waals surface area contributed by atoms with Crippen LogP contribution in [0.1, 0.15) is 33.6 Å². The van der Waals surface area contributed by atoms with Crippen LogP contribution in [0.3, 0.4) is 0 Å². The Hall–Kier alpha value is -1.38. The SMILES string of the molecule is C=C(C)C(=O)CCC(C)OC(=O)C(=C)C. The Morgan fingerprint density at radius 1 is 1.20 bits per heavy atom. The average molecular weight is 210 g/mol. The van der Waals surface area contributed by atoms with Crippen molar-refractivity contribution >= 4 is 11.8 Å². The number of ether oxygens (including phenoxy) is 1. The first-order valence-corrected chi connectivity index (χ1v) is 4.89. The van der Waals surface area contributed by atoms with Gasteiger partial charge in [0.15, 0.2) is 5.78 Å². The van der Waals surface area contributed by atoms with E-state index in [1.54, 1.807) is 20.8 Å². The third-order valence-corrected chi connectivity index (χ3v) is 1.91. The van der Waals surface area contributed by atoms with E-state index in [1.807, 2.05) is 0 Å². The molecule has 3 nitrogen and oxygen atoms in total. The molecule has 0 fully saturated rings. The Balaban J connectivity index is 3.90. The van der Waals surface area contributed by atoms with E-state index in [4.69, 9.17) is 4.74 Å². The van der Waals surface area contributed by atoms with Gasteiger partial charge in [0.2, 0.25) is 0 Å². The molecular formula is C12H18O3. The summed E-state index contributed by atoms with van der Waals surface area (Å²) in [6.07, 6.45) is 0.613. The summed E-state index contributed by atoms with van der Waals surface area (Å²) in [5.41, 5.74) is 0.904. The molecule has 0 spiro atoms. The van der Waals surface area contributed by atoms with E-state index in [0.29, 0.717) is 24.0 Å². The van der Waals surface area contributed by atoms with E-state index in [-0.39, 0.29) is 11.9 Å². The van der Waals surface area contributed by atoms with Gasteiger partial charge in [-0.2, -0.15) is 0 Å². The van der Waals surface area contributed by atoms with Crippen LogP contribution in [0, 0.1) is 0 Å². The third-order valence-electron chi connectivity index (χ3n) is 1.91. The fourth-order valence-corrected chi connectivity index (χ4v) is 0.890. The molecule has 0 aliphatic carbocycles. The number of allylic oxidation sites excluding steroid dienone is 1. The second-order valence-corrected chi connectivity index (χ2v) is 3.74. The van der Waals surface area contributed by atoms with Crippen molar-refractivity contribution in [2.75, 3.05) is 0 Å². The summed E-state index contributed by atoms with van der Waals surface area (Å²) in [4.78, 5) is 22.3. The fraction of sp³-hybridized carbons (Fsp3) is 0.500. The molecule has 0 amide bonds. The summed E-state index contributed by atoms with van der Waals surface area (Å²) < 4.78 is 5.02. The minimum absolute atomic E-state index is 0.00761. The molecule has 84 valence electrons. The summed E-state index contributed by atoms with van der Waals surface area (Å²) >= 11 is 0. The highest BCUT2D eigenvalue weighted by Crippen LogP contribution is 2.07. The molecular weight excluding hydrogens is 192 g/mol. The van der Waals surface area contributed by atoms with Crippen LogP contribution < -0.4 is 0 Å². The van der Waals surface area contributed by atoms with Gasteiger partial charge in [-0.15, -0.1) is 0 Å². The lowest BCUT2D eigenvalue weighted by molar-refractivity contribution is -0.144. The lowest BCUT2D eigenvalue weighted by Gasteiger charge is -2.12. The lowest BCUT2D eigenvalue weighted by atomic mass is 10.1. The van der Waals surface area contributed by atoms with Crippen molar-refractivity contribution in [2.24, 2.45) is 0 Å². The minimum Gasteiger partial charge on any atom is -0.459 e. The third kappa shape index (κ3) is 5.83. The van der Waals surface area contributed by atoms with Crippen LogP contribution in [0.4, 0.5) is 0 Å². The van der Waals surface area contributed by atoms with Crippen LogP contribution in [0.25, 0.3) is 0 Å². The Kier molecular flexibility index (Phi) is 5.60. The molecule has 0 aliphatic rings. The Labute approximate surface area is 90.8 Å². The molecule has 3 heteroatoms. The van der Waals surface area contributed by atoms with Gasteiger partial charge >= 0.3 is 5.97 Å². The van der Waals surface area contributed by atoms with Crippen molar-refractivity contribution in [3.63, 3.8) is 0 Å². The number of carbonyl (C=O) groups excluding carboxylic acids is 2. The second kappa shape index (κ2) is 6.17. The normalized spacial score (nSPS) is 11.7. The van der Waals surface area contributed by atoms with E-state index in [2.05, 4.69) is 13.2 Å².